The van der Waals surface area contributed by atoms with Gasteiger partial charge in [0.1, 0.15) is 6.04 Å². The lowest BCUT2D eigenvalue weighted by Gasteiger charge is -2.14. The van der Waals surface area contributed by atoms with Crippen LogP contribution in [0.5, 0.6) is 11.5 Å². The second-order valence-corrected chi connectivity index (χ2v) is 3.94. The number of hydrogen-bond donors (Lipinski definition) is 1. The van der Waals surface area contributed by atoms with Gasteiger partial charge >= 0.3 is 0 Å². The molecule has 0 saturated heterocycles. The predicted molar refractivity (Wildman–Crippen MR) is 74.5 cm³/mol. The van der Waals surface area contributed by atoms with Crippen molar-refractivity contribution in [3.63, 3.8) is 0 Å². The highest BCUT2D eigenvalue weighted by atomic mass is 16.5. The zero-order valence-electron chi connectivity index (χ0n) is 11.5. The largest absolute Gasteiger partial charge is 0.493 e. The first-order chi connectivity index (χ1) is 9.76. The van der Waals surface area contributed by atoms with E-state index in [1.807, 2.05) is 6.07 Å². The Morgan fingerprint density at radius 2 is 2.15 bits per heavy atom. The van der Waals surface area contributed by atoms with Crippen LogP contribution in [0, 0.1) is 11.3 Å². The molecule has 1 N–H and O–H groups in total. The summed E-state index contributed by atoms with van der Waals surface area (Å²) in [5.41, 5.74) is 8.97. The molecule has 0 aliphatic rings. The molecule has 106 valence electrons. The third-order valence-electron chi connectivity index (χ3n) is 2.72. The summed E-state index contributed by atoms with van der Waals surface area (Å²) in [5, 5.41) is 15.7. The van der Waals surface area contributed by atoms with Gasteiger partial charge in [-0.05, 0) is 36.2 Å². The summed E-state index contributed by atoms with van der Waals surface area (Å²) in [4.78, 5) is 2.67. The Balaban J connectivity index is 2.70. The second kappa shape index (κ2) is 8.64. The number of nitrogens with zero attached hydrogens (tertiary/aromatic N) is 4. The average Bonchev–Trinajstić information content (AvgIpc) is 2.50. The van der Waals surface area contributed by atoms with Crippen LogP contribution in [-0.4, -0.2) is 27.3 Å². The summed E-state index contributed by atoms with van der Waals surface area (Å²) in [5.74, 6) is 1.21. The maximum Gasteiger partial charge on any atom is 0.161 e. The molecule has 1 aromatic rings. The Kier molecular flexibility index (Phi) is 6.76. The van der Waals surface area contributed by atoms with E-state index in [-0.39, 0.29) is 0 Å². The lowest BCUT2D eigenvalue weighted by atomic mass is 10.1. The fourth-order valence-corrected chi connectivity index (χ4v) is 1.71. The number of hydrogen-bond acceptors (Lipinski definition) is 5. The van der Waals surface area contributed by atoms with Gasteiger partial charge in [-0.2, -0.15) is 5.26 Å². The van der Waals surface area contributed by atoms with Crippen LogP contribution >= 0.6 is 0 Å². The summed E-state index contributed by atoms with van der Waals surface area (Å²) >= 11 is 0. The second-order valence-electron chi connectivity index (χ2n) is 3.94. The standard InChI is InChI=1S/C13H17N5O2/c1-19-12-5-4-10(8-13(12)20-2)11(9-14)16-6-3-7-17-18-15/h4-5,8,11,16H,3,6-7H2,1-2H3. The molecule has 0 spiro atoms. The van der Waals surface area contributed by atoms with Gasteiger partial charge < -0.3 is 9.47 Å². The normalized spacial score (nSPS) is 11.1. The number of azide groups is 1. The summed E-state index contributed by atoms with van der Waals surface area (Å²) in [7, 11) is 3.11. The maximum atomic E-state index is 9.21. The smallest absolute Gasteiger partial charge is 0.161 e. The molecule has 20 heavy (non-hydrogen) atoms. The van der Waals surface area contributed by atoms with Crippen LogP contribution in [0.15, 0.2) is 23.3 Å². The van der Waals surface area contributed by atoms with E-state index >= 15 is 0 Å². The van der Waals surface area contributed by atoms with Crippen LogP contribution in [0.4, 0.5) is 0 Å². The zero-order chi connectivity index (χ0) is 14.8. The minimum atomic E-state index is -0.444. The topological polar surface area (TPSA) is 103 Å². The van der Waals surface area contributed by atoms with Gasteiger partial charge in [-0.3, -0.25) is 5.32 Å². The van der Waals surface area contributed by atoms with Gasteiger partial charge in [0, 0.05) is 11.5 Å². The maximum absolute atomic E-state index is 9.21. The van der Waals surface area contributed by atoms with Crippen LogP contribution in [0.1, 0.15) is 18.0 Å². The first-order valence-corrected chi connectivity index (χ1v) is 6.12. The van der Waals surface area contributed by atoms with Crippen LogP contribution in [-0.2, 0) is 0 Å². The molecule has 1 unspecified atom stereocenters. The monoisotopic (exact) mass is 275 g/mol. The molecule has 0 amide bonds. The molecule has 0 saturated carbocycles. The Labute approximate surface area is 117 Å². The van der Waals surface area contributed by atoms with Gasteiger partial charge in [0.15, 0.2) is 11.5 Å². The number of ether oxygens (including phenoxy) is 2. The van der Waals surface area contributed by atoms with E-state index in [2.05, 4.69) is 21.4 Å². The average molecular weight is 275 g/mol. The molecular formula is C13H17N5O2. The van der Waals surface area contributed by atoms with E-state index in [1.54, 1.807) is 26.4 Å². The lowest BCUT2D eigenvalue weighted by molar-refractivity contribution is 0.354. The Morgan fingerprint density at radius 3 is 2.75 bits per heavy atom. The third kappa shape index (κ3) is 4.35. The summed E-state index contributed by atoms with van der Waals surface area (Å²) in [6.45, 7) is 0.999. The van der Waals surface area contributed by atoms with Crippen molar-refractivity contribution in [2.24, 2.45) is 5.11 Å². The van der Waals surface area contributed by atoms with Gasteiger partial charge in [0.2, 0.25) is 0 Å². The van der Waals surface area contributed by atoms with E-state index in [1.165, 1.54) is 0 Å². The molecule has 7 nitrogen and oxygen atoms in total. The number of rotatable bonds is 8. The lowest BCUT2D eigenvalue weighted by Crippen LogP contribution is -2.21. The van der Waals surface area contributed by atoms with Gasteiger partial charge in [-0.25, -0.2) is 0 Å². The number of methoxy groups -OCH3 is 2. The Hall–Kier alpha value is -2.42. The van der Waals surface area contributed by atoms with Gasteiger partial charge in [0.05, 0.1) is 20.3 Å². The fourth-order valence-electron chi connectivity index (χ4n) is 1.71. The van der Waals surface area contributed by atoms with E-state index in [9.17, 15) is 5.26 Å². The van der Waals surface area contributed by atoms with Crippen LogP contribution in [0.2, 0.25) is 0 Å². The van der Waals surface area contributed by atoms with E-state index in [0.717, 1.165) is 5.56 Å². The van der Waals surface area contributed by atoms with E-state index in [4.69, 9.17) is 15.0 Å². The Morgan fingerprint density at radius 1 is 1.40 bits per heavy atom. The molecule has 0 aliphatic heterocycles. The first kappa shape index (κ1) is 15.6. The molecule has 0 radical (unpaired) electrons. The molecule has 0 aromatic heterocycles. The highest BCUT2D eigenvalue weighted by molar-refractivity contribution is 5.44. The number of nitriles is 1. The van der Waals surface area contributed by atoms with Gasteiger partial charge in [0.25, 0.3) is 0 Å². The Bertz CT molecular complexity index is 520. The van der Waals surface area contributed by atoms with Crippen LogP contribution in [0.3, 0.4) is 0 Å². The van der Waals surface area contributed by atoms with Crippen molar-refractivity contribution in [1.29, 1.82) is 5.26 Å². The van der Waals surface area contributed by atoms with Gasteiger partial charge in [-0.15, -0.1) is 0 Å². The van der Waals surface area contributed by atoms with Crippen LogP contribution in [0.25, 0.3) is 10.4 Å². The van der Waals surface area contributed by atoms with Crippen molar-refractivity contribution in [3.05, 3.63) is 34.2 Å². The number of benzene rings is 1. The zero-order valence-corrected chi connectivity index (χ0v) is 11.5. The van der Waals surface area contributed by atoms with Crippen molar-refractivity contribution in [2.75, 3.05) is 27.3 Å². The summed E-state index contributed by atoms with van der Waals surface area (Å²) < 4.78 is 10.4. The minimum Gasteiger partial charge on any atom is -0.493 e. The predicted octanol–water partition coefficient (Wildman–Crippen LogP) is 2.56. The summed E-state index contributed by atoms with van der Waals surface area (Å²) in [6.07, 6.45) is 0.676. The number of nitrogens with one attached hydrogen (secondary N) is 1. The van der Waals surface area contributed by atoms with Crippen molar-refractivity contribution in [3.8, 4) is 17.6 Å². The first-order valence-electron chi connectivity index (χ1n) is 6.12. The van der Waals surface area contributed by atoms with Crippen molar-refractivity contribution >= 4 is 0 Å². The quantitative estimate of drug-likeness (QED) is 0.341. The third-order valence-corrected chi connectivity index (χ3v) is 2.72. The highest BCUT2D eigenvalue weighted by Crippen LogP contribution is 2.29. The molecule has 0 fully saturated rings. The van der Waals surface area contributed by atoms with Crippen molar-refractivity contribution in [1.82, 2.24) is 5.32 Å². The van der Waals surface area contributed by atoms with E-state index in [0.29, 0.717) is 31.0 Å². The molecule has 1 atom stereocenters. The highest BCUT2D eigenvalue weighted by Gasteiger charge is 2.12. The summed E-state index contributed by atoms with van der Waals surface area (Å²) in [6, 6.07) is 7.09. The minimum absolute atomic E-state index is 0.410. The molecule has 0 bridgehead atoms. The molecule has 1 aromatic carbocycles. The molecule has 0 heterocycles. The van der Waals surface area contributed by atoms with Crippen molar-refractivity contribution < 1.29 is 9.47 Å². The van der Waals surface area contributed by atoms with Crippen LogP contribution < -0.4 is 14.8 Å². The SMILES string of the molecule is COc1ccc(C(C#N)NCCCN=[N+]=[N-])cc1OC. The van der Waals surface area contributed by atoms with Gasteiger partial charge in [-0.1, -0.05) is 11.2 Å². The molecular weight excluding hydrogens is 258 g/mol. The molecule has 0 aliphatic carbocycles. The molecule has 1 rings (SSSR count). The molecule has 7 heteroatoms. The fraction of sp³-hybridized carbons (Fsp3) is 0.462. The van der Waals surface area contributed by atoms with Crippen molar-refractivity contribution in [2.45, 2.75) is 12.5 Å². The van der Waals surface area contributed by atoms with E-state index < -0.39 is 6.04 Å².